The van der Waals surface area contributed by atoms with Crippen molar-refractivity contribution in [2.75, 3.05) is 0 Å². The van der Waals surface area contributed by atoms with Gasteiger partial charge in [-0.1, -0.05) is 54.6 Å². The van der Waals surface area contributed by atoms with Gasteiger partial charge in [-0.25, -0.2) is 0 Å². The van der Waals surface area contributed by atoms with Crippen molar-refractivity contribution in [2.24, 2.45) is 0 Å². The molecular formula is C39H36N3+3. The zero-order valence-electron chi connectivity index (χ0n) is 23.9. The molecule has 0 bridgehead atoms. The molecule has 4 heterocycles. The summed E-state index contributed by atoms with van der Waals surface area (Å²) in [5.74, 6) is 0. The van der Waals surface area contributed by atoms with Crippen LogP contribution in [0.5, 0.6) is 0 Å². The Morgan fingerprint density at radius 3 is 0.929 bits per heavy atom. The number of nitrogens with zero attached hydrogens (tertiary/aromatic N) is 3. The molecule has 0 amide bonds. The van der Waals surface area contributed by atoms with Crippen LogP contribution in [-0.2, 0) is 38.9 Å². The first-order valence-electron chi connectivity index (χ1n) is 15.1. The second-order valence-corrected chi connectivity index (χ2v) is 11.1. The van der Waals surface area contributed by atoms with Crippen molar-refractivity contribution in [3.63, 3.8) is 0 Å². The molecule has 0 radical (unpaired) electrons. The Balaban J connectivity index is 1.40. The summed E-state index contributed by atoms with van der Waals surface area (Å²) >= 11 is 0. The second kappa shape index (κ2) is 11.9. The maximum absolute atomic E-state index is 2.43. The fourth-order valence-electron chi connectivity index (χ4n) is 6.43. The Labute approximate surface area is 248 Å². The van der Waals surface area contributed by atoms with Gasteiger partial charge in [0, 0.05) is 72.4 Å². The first kappa shape index (κ1) is 26.0. The molecule has 3 heteroatoms. The maximum Gasteiger partial charge on any atom is 0.212 e. The predicted molar refractivity (Wildman–Crippen MR) is 167 cm³/mol. The first-order chi connectivity index (χ1) is 20.8. The van der Waals surface area contributed by atoms with E-state index in [9.17, 15) is 0 Å². The van der Waals surface area contributed by atoms with Crippen molar-refractivity contribution in [3.05, 3.63) is 163 Å². The standard InChI is InChI=1S/C39H36N3/c1-4-16-34-31(13-1)22-28-40-25-11-8-20-38(40)35-17-5-2-15-33(35)24-30-42-27-12-9-21-39(42)36-18-6-3-14-32(36)23-29-41-26-10-7-19-37(34)41/h1-21,25-27H,22-24,28-30H2/q+3. The summed E-state index contributed by atoms with van der Waals surface area (Å²) < 4.78 is 7.28. The third-order valence-corrected chi connectivity index (χ3v) is 8.57. The average molecular weight is 547 g/mol. The van der Waals surface area contributed by atoms with Gasteiger partial charge in [0.25, 0.3) is 0 Å². The van der Waals surface area contributed by atoms with E-state index in [4.69, 9.17) is 0 Å². The van der Waals surface area contributed by atoms with Gasteiger partial charge in [-0.3, -0.25) is 0 Å². The molecule has 6 aromatic rings. The predicted octanol–water partition coefficient (Wildman–Crippen LogP) is 6.59. The normalized spacial score (nSPS) is 13.1. The molecule has 0 saturated carbocycles. The number of benzene rings is 3. The molecule has 0 atom stereocenters. The zero-order chi connectivity index (χ0) is 28.1. The molecule has 204 valence electrons. The van der Waals surface area contributed by atoms with E-state index in [-0.39, 0.29) is 0 Å². The molecule has 0 N–H and O–H groups in total. The largest absolute Gasteiger partial charge is 0.212 e. The minimum atomic E-state index is 0.916. The molecule has 0 spiro atoms. The number of aromatic nitrogens is 3. The Bertz CT molecular complexity index is 1500. The van der Waals surface area contributed by atoms with Gasteiger partial charge in [-0.2, -0.15) is 13.7 Å². The van der Waals surface area contributed by atoms with Crippen LogP contribution in [-0.4, -0.2) is 0 Å². The van der Waals surface area contributed by atoms with Gasteiger partial charge in [0.05, 0.1) is 0 Å². The molecule has 42 heavy (non-hydrogen) atoms. The van der Waals surface area contributed by atoms with E-state index >= 15 is 0 Å². The fraction of sp³-hybridized carbons (Fsp3) is 0.154. The van der Waals surface area contributed by atoms with Crippen LogP contribution in [0.1, 0.15) is 16.7 Å². The maximum atomic E-state index is 2.43. The Morgan fingerprint density at radius 1 is 0.310 bits per heavy atom. The molecule has 3 nitrogen and oxygen atoms in total. The van der Waals surface area contributed by atoms with Crippen LogP contribution < -0.4 is 13.7 Å². The van der Waals surface area contributed by atoms with Crippen LogP contribution in [0.25, 0.3) is 33.8 Å². The van der Waals surface area contributed by atoms with Gasteiger partial charge in [-0.05, 0) is 53.1 Å². The van der Waals surface area contributed by atoms with Crippen molar-refractivity contribution in [2.45, 2.75) is 38.9 Å². The lowest BCUT2D eigenvalue weighted by molar-refractivity contribution is -0.687. The fourth-order valence-corrected chi connectivity index (χ4v) is 6.43. The minimum absolute atomic E-state index is 0.916. The Hall–Kier alpha value is -4.89. The van der Waals surface area contributed by atoms with E-state index in [1.54, 1.807) is 0 Å². The SMILES string of the molecule is c1ccc2c(c1)CC[n+]1ccccc1-c1ccccc1CC[n+]1ccccc1-c1ccccc1CC[n+]1ccccc1-2. The van der Waals surface area contributed by atoms with Crippen LogP contribution in [0, 0.1) is 0 Å². The van der Waals surface area contributed by atoms with E-state index in [0.29, 0.717) is 0 Å². The summed E-state index contributed by atoms with van der Waals surface area (Å²) in [4.78, 5) is 0. The van der Waals surface area contributed by atoms with Crippen molar-refractivity contribution in [1.82, 2.24) is 0 Å². The summed E-state index contributed by atoms with van der Waals surface area (Å²) in [7, 11) is 0. The minimum Gasteiger partial charge on any atom is -0.198 e. The van der Waals surface area contributed by atoms with Crippen molar-refractivity contribution in [3.8, 4) is 33.8 Å². The van der Waals surface area contributed by atoms with Crippen molar-refractivity contribution >= 4 is 0 Å². The second-order valence-electron chi connectivity index (χ2n) is 11.1. The number of hydrogen-bond acceptors (Lipinski definition) is 0. The lowest BCUT2D eigenvalue weighted by Crippen LogP contribution is -2.39. The summed E-state index contributed by atoms with van der Waals surface area (Å²) in [6, 6.07) is 46.5. The molecule has 0 fully saturated rings. The first-order valence-corrected chi connectivity index (χ1v) is 15.1. The quantitative estimate of drug-likeness (QED) is 0.191. The molecule has 0 aliphatic carbocycles. The smallest absolute Gasteiger partial charge is 0.198 e. The van der Waals surface area contributed by atoms with Gasteiger partial charge < -0.3 is 0 Å². The number of aryl methyl sites for hydroxylation is 6. The van der Waals surface area contributed by atoms with Crippen LogP contribution in [0.3, 0.4) is 0 Å². The molecule has 1 aliphatic heterocycles. The highest BCUT2D eigenvalue weighted by Crippen LogP contribution is 2.26. The third kappa shape index (κ3) is 5.26. The third-order valence-electron chi connectivity index (χ3n) is 8.57. The van der Waals surface area contributed by atoms with Gasteiger partial charge in [0.1, 0.15) is 0 Å². The molecule has 7 rings (SSSR count). The van der Waals surface area contributed by atoms with Gasteiger partial charge in [0.2, 0.25) is 17.1 Å². The highest BCUT2D eigenvalue weighted by molar-refractivity contribution is 5.63. The van der Waals surface area contributed by atoms with E-state index in [2.05, 4.69) is 160 Å². The van der Waals surface area contributed by atoms with E-state index in [1.807, 2.05) is 0 Å². The topological polar surface area (TPSA) is 11.6 Å². The summed E-state index contributed by atoms with van der Waals surface area (Å²) in [6.07, 6.45) is 9.58. The Morgan fingerprint density at radius 2 is 0.595 bits per heavy atom. The lowest BCUT2D eigenvalue weighted by Gasteiger charge is -2.13. The average Bonchev–Trinajstić information content (AvgIpc) is 3.06. The summed E-state index contributed by atoms with van der Waals surface area (Å²) in [5, 5.41) is 0. The van der Waals surface area contributed by atoms with Crippen molar-refractivity contribution in [1.29, 1.82) is 0 Å². The molecule has 0 unspecified atom stereocenters. The zero-order valence-corrected chi connectivity index (χ0v) is 23.9. The lowest BCUT2D eigenvalue weighted by atomic mass is 9.98. The molecular weight excluding hydrogens is 510 g/mol. The van der Waals surface area contributed by atoms with E-state index < -0.39 is 0 Å². The highest BCUT2D eigenvalue weighted by Gasteiger charge is 2.22. The van der Waals surface area contributed by atoms with Crippen LogP contribution in [0.2, 0.25) is 0 Å². The number of pyridine rings is 3. The number of hydrogen-bond donors (Lipinski definition) is 0. The monoisotopic (exact) mass is 546 g/mol. The van der Waals surface area contributed by atoms with Gasteiger partial charge >= 0.3 is 0 Å². The van der Waals surface area contributed by atoms with Crippen LogP contribution in [0.4, 0.5) is 0 Å². The molecule has 3 aromatic carbocycles. The van der Waals surface area contributed by atoms with E-state index in [1.165, 1.54) is 50.5 Å². The molecule has 0 saturated heterocycles. The number of rotatable bonds is 0. The van der Waals surface area contributed by atoms with Crippen LogP contribution >= 0.6 is 0 Å². The summed E-state index contributed by atoms with van der Waals surface area (Å²) in [6.45, 7) is 2.75. The molecule has 3 aromatic heterocycles. The van der Waals surface area contributed by atoms with Gasteiger partial charge in [-0.15, -0.1) is 0 Å². The van der Waals surface area contributed by atoms with E-state index in [0.717, 1.165) is 38.9 Å². The van der Waals surface area contributed by atoms with Gasteiger partial charge in [0.15, 0.2) is 38.2 Å². The van der Waals surface area contributed by atoms with Crippen molar-refractivity contribution < 1.29 is 13.7 Å². The molecule has 1 aliphatic rings. The summed E-state index contributed by atoms with van der Waals surface area (Å²) in [5.41, 5.74) is 11.9. The highest BCUT2D eigenvalue weighted by atomic mass is 15.0. The number of fused-ring (bicyclic) bond motifs is 9. The van der Waals surface area contributed by atoms with Crippen LogP contribution in [0.15, 0.2) is 146 Å². The Kier molecular flexibility index (Phi) is 7.39.